The molecule has 0 aliphatic rings. The van der Waals surface area contributed by atoms with Crippen molar-refractivity contribution in [1.29, 1.82) is 0 Å². The SMILES string of the molecule is CCNC(C)c1cc2c(C)ccc(F)c2o1. The van der Waals surface area contributed by atoms with Crippen LogP contribution in [-0.4, -0.2) is 6.54 Å². The number of benzene rings is 1. The molecule has 0 aliphatic carbocycles. The van der Waals surface area contributed by atoms with E-state index in [0.29, 0.717) is 5.58 Å². The number of fused-ring (bicyclic) bond motifs is 1. The van der Waals surface area contributed by atoms with Gasteiger partial charge in [0.05, 0.1) is 6.04 Å². The third-order valence-electron chi connectivity index (χ3n) is 2.81. The number of halogens is 1. The van der Waals surface area contributed by atoms with E-state index in [1.54, 1.807) is 6.07 Å². The lowest BCUT2D eigenvalue weighted by molar-refractivity contribution is 0.449. The van der Waals surface area contributed by atoms with Crippen molar-refractivity contribution >= 4 is 11.0 Å². The third kappa shape index (κ3) is 1.83. The first-order valence-electron chi connectivity index (χ1n) is 5.55. The molecule has 0 fully saturated rings. The first kappa shape index (κ1) is 11.1. The lowest BCUT2D eigenvalue weighted by Crippen LogP contribution is -2.16. The average Bonchev–Trinajstić information content (AvgIpc) is 2.70. The predicted octanol–water partition coefficient (Wildman–Crippen LogP) is 3.55. The van der Waals surface area contributed by atoms with Gasteiger partial charge in [-0.1, -0.05) is 13.0 Å². The Bertz CT molecular complexity index is 465. The van der Waals surface area contributed by atoms with E-state index in [2.05, 4.69) is 5.32 Å². The molecular formula is C13H16FNO. The van der Waals surface area contributed by atoms with E-state index < -0.39 is 0 Å². The highest BCUT2D eigenvalue weighted by atomic mass is 19.1. The summed E-state index contributed by atoms with van der Waals surface area (Å²) in [6.45, 7) is 6.86. The van der Waals surface area contributed by atoms with Crippen LogP contribution in [0.25, 0.3) is 11.0 Å². The zero-order valence-electron chi connectivity index (χ0n) is 9.80. The summed E-state index contributed by atoms with van der Waals surface area (Å²) in [5.74, 6) is 0.487. The van der Waals surface area contributed by atoms with Crippen molar-refractivity contribution in [3.63, 3.8) is 0 Å². The molecule has 16 heavy (non-hydrogen) atoms. The first-order valence-corrected chi connectivity index (χ1v) is 5.55. The van der Waals surface area contributed by atoms with E-state index >= 15 is 0 Å². The standard InChI is InChI=1S/C13H16FNO/c1-4-15-9(3)12-7-10-8(2)5-6-11(14)13(10)16-12/h5-7,9,15H,4H2,1-3H3. The third-order valence-corrected chi connectivity index (χ3v) is 2.81. The monoisotopic (exact) mass is 221 g/mol. The number of aryl methyl sites for hydroxylation is 1. The Balaban J connectivity index is 2.51. The zero-order valence-corrected chi connectivity index (χ0v) is 9.80. The maximum Gasteiger partial charge on any atom is 0.170 e. The van der Waals surface area contributed by atoms with Gasteiger partial charge in [-0.3, -0.25) is 0 Å². The minimum Gasteiger partial charge on any atom is -0.456 e. The number of hydrogen-bond donors (Lipinski definition) is 1. The Labute approximate surface area is 94.4 Å². The molecule has 0 saturated heterocycles. The van der Waals surface area contributed by atoms with Gasteiger partial charge in [0, 0.05) is 5.39 Å². The molecule has 0 radical (unpaired) electrons. The smallest absolute Gasteiger partial charge is 0.170 e. The van der Waals surface area contributed by atoms with Crippen LogP contribution in [0, 0.1) is 12.7 Å². The minimum atomic E-state index is -0.296. The first-order chi connectivity index (χ1) is 7.63. The second-order valence-corrected chi connectivity index (χ2v) is 4.04. The lowest BCUT2D eigenvalue weighted by atomic mass is 10.1. The van der Waals surface area contributed by atoms with Crippen molar-refractivity contribution in [1.82, 2.24) is 5.32 Å². The van der Waals surface area contributed by atoms with E-state index in [1.165, 1.54) is 6.07 Å². The van der Waals surface area contributed by atoms with Crippen LogP contribution >= 0.6 is 0 Å². The van der Waals surface area contributed by atoms with Crippen LogP contribution in [0.2, 0.25) is 0 Å². The Morgan fingerprint density at radius 3 is 2.81 bits per heavy atom. The normalized spacial score (nSPS) is 13.2. The van der Waals surface area contributed by atoms with Gasteiger partial charge in [-0.05, 0) is 38.1 Å². The number of rotatable bonds is 3. The fraction of sp³-hybridized carbons (Fsp3) is 0.385. The van der Waals surface area contributed by atoms with E-state index in [4.69, 9.17) is 4.42 Å². The average molecular weight is 221 g/mol. The van der Waals surface area contributed by atoms with Crippen LogP contribution in [0.15, 0.2) is 22.6 Å². The van der Waals surface area contributed by atoms with Gasteiger partial charge in [-0.15, -0.1) is 0 Å². The summed E-state index contributed by atoms with van der Waals surface area (Å²) in [5, 5.41) is 4.11. The molecule has 3 heteroatoms. The van der Waals surface area contributed by atoms with Gasteiger partial charge >= 0.3 is 0 Å². The van der Waals surface area contributed by atoms with Crippen molar-refractivity contribution < 1.29 is 8.81 Å². The summed E-state index contributed by atoms with van der Waals surface area (Å²) < 4.78 is 19.1. The van der Waals surface area contributed by atoms with E-state index in [1.807, 2.05) is 26.8 Å². The van der Waals surface area contributed by atoms with Gasteiger partial charge in [0.1, 0.15) is 5.76 Å². The molecule has 0 saturated carbocycles. The number of hydrogen-bond acceptors (Lipinski definition) is 2. The fourth-order valence-electron chi connectivity index (χ4n) is 1.86. The van der Waals surface area contributed by atoms with Gasteiger partial charge in [0.15, 0.2) is 11.4 Å². The van der Waals surface area contributed by atoms with Gasteiger partial charge < -0.3 is 9.73 Å². The molecule has 2 aromatic rings. The zero-order chi connectivity index (χ0) is 11.7. The van der Waals surface area contributed by atoms with Crippen molar-refractivity contribution in [2.75, 3.05) is 6.54 Å². The quantitative estimate of drug-likeness (QED) is 0.857. The van der Waals surface area contributed by atoms with Crippen LogP contribution in [0.3, 0.4) is 0 Å². The van der Waals surface area contributed by atoms with Crippen molar-refractivity contribution in [2.45, 2.75) is 26.8 Å². The van der Waals surface area contributed by atoms with Gasteiger partial charge in [0.25, 0.3) is 0 Å². The molecule has 0 aliphatic heterocycles. The Kier molecular flexibility index (Phi) is 2.97. The molecule has 1 heterocycles. The fourth-order valence-corrected chi connectivity index (χ4v) is 1.86. The minimum absolute atomic E-state index is 0.108. The number of furan rings is 1. The highest BCUT2D eigenvalue weighted by molar-refractivity contribution is 5.82. The summed E-state index contributed by atoms with van der Waals surface area (Å²) in [6, 6.07) is 5.25. The Morgan fingerprint density at radius 1 is 1.44 bits per heavy atom. The maximum atomic E-state index is 13.5. The molecule has 1 aromatic heterocycles. The Hall–Kier alpha value is -1.35. The second kappa shape index (κ2) is 4.26. The van der Waals surface area contributed by atoms with Crippen LogP contribution in [0.5, 0.6) is 0 Å². The molecule has 0 spiro atoms. The highest BCUT2D eigenvalue weighted by Crippen LogP contribution is 2.28. The summed E-state index contributed by atoms with van der Waals surface area (Å²) >= 11 is 0. The molecular weight excluding hydrogens is 205 g/mol. The summed E-state index contributed by atoms with van der Waals surface area (Å²) in [7, 11) is 0. The van der Waals surface area contributed by atoms with Gasteiger partial charge in [0.2, 0.25) is 0 Å². The largest absolute Gasteiger partial charge is 0.456 e. The molecule has 0 amide bonds. The van der Waals surface area contributed by atoms with E-state index in [0.717, 1.165) is 23.3 Å². The van der Waals surface area contributed by atoms with Crippen LogP contribution in [0.4, 0.5) is 4.39 Å². The molecule has 0 bridgehead atoms. The lowest BCUT2D eigenvalue weighted by Gasteiger charge is -2.07. The van der Waals surface area contributed by atoms with Crippen LogP contribution in [-0.2, 0) is 0 Å². The predicted molar refractivity (Wildman–Crippen MR) is 63.0 cm³/mol. The molecule has 1 aromatic carbocycles. The van der Waals surface area contributed by atoms with Crippen LogP contribution < -0.4 is 5.32 Å². The van der Waals surface area contributed by atoms with Gasteiger partial charge in [-0.25, -0.2) is 4.39 Å². The molecule has 2 nitrogen and oxygen atoms in total. The molecule has 1 atom stereocenters. The molecule has 1 N–H and O–H groups in total. The van der Waals surface area contributed by atoms with Crippen LogP contribution in [0.1, 0.15) is 31.2 Å². The summed E-state index contributed by atoms with van der Waals surface area (Å²) in [5.41, 5.74) is 1.40. The summed E-state index contributed by atoms with van der Waals surface area (Å²) in [6.07, 6.45) is 0. The molecule has 2 rings (SSSR count). The van der Waals surface area contributed by atoms with Crippen molar-refractivity contribution in [3.05, 3.63) is 35.3 Å². The summed E-state index contributed by atoms with van der Waals surface area (Å²) in [4.78, 5) is 0. The van der Waals surface area contributed by atoms with Gasteiger partial charge in [-0.2, -0.15) is 0 Å². The Morgan fingerprint density at radius 2 is 2.19 bits per heavy atom. The van der Waals surface area contributed by atoms with E-state index in [-0.39, 0.29) is 11.9 Å². The second-order valence-electron chi connectivity index (χ2n) is 4.04. The maximum absolute atomic E-state index is 13.5. The van der Waals surface area contributed by atoms with E-state index in [9.17, 15) is 4.39 Å². The number of nitrogens with one attached hydrogen (secondary N) is 1. The highest BCUT2D eigenvalue weighted by Gasteiger charge is 2.14. The topological polar surface area (TPSA) is 25.2 Å². The molecule has 86 valence electrons. The molecule has 1 unspecified atom stereocenters. The van der Waals surface area contributed by atoms with Crippen molar-refractivity contribution in [2.24, 2.45) is 0 Å². The van der Waals surface area contributed by atoms with Crippen molar-refractivity contribution in [3.8, 4) is 0 Å².